The number of halogens is 4. The Morgan fingerprint density at radius 2 is 1.84 bits per heavy atom. The topological polar surface area (TPSA) is 12.0 Å². The second-order valence-electron chi connectivity index (χ2n) is 4.13. The molecule has 2 aromatic carbocycles. The van der Waals surface area contributed by atoms with E-state index in [1.54, 1.807) is 19.1 Å². The first-order valence-corrected chi connectivity index (χ1v) is 6.40. The second kappa shape index (κ2) is 5.76. The summed E-state index contributed by atoms with van der Waals surface area (Å²) in [6, 6.07) is 8.29. The zero-order valence-electron chi connectivity index (χ0n) is 10.1. The average molecular weight is 302 g/mol. The lowest BCUT2D eigenvalue weighted by molar-refractivity contribution is 0.623. The smallest absolute Gasteiger partial charge is 0.142 e. The van der Waals surface area contributed by atoms with Crippen molar-refractivity contribution >= 4 is 28.9 Å². The third kappa shape index (κ3) is 3.17. The summed E-state index contributed by atoms with van der Waals surface area (Å²) in [5, 5.41) is 3.37. The summed E-state index contributed by atoms with van der Waals surface area (Å²) in [6.45, 7) is 1.78. The summed E-state index contributed by atoms with van der Waals surface area (Å²) < 4.78 is 26.5. The van der Waals surface area contributed by atoms with Crippen LogP contribution >= 0.6 is 23.2 Å². The molecule has 0 aliphatic heterocycles. The molecule has 2 rings (SSSR count). The zero-order chi connectivity index (χ0) is 14.0. The number of nitrogens with one attached hydrogen (secondary N) is 1. The molecule has 0 heterocycles. The Labute approximate surface area is 120 Å². The van der Waals surface area contributed by atoms with Gasteiger partial charge in [-0.3, -0.25) is 0 Å². The predicted molar refractivity (Wildman–Crippen MR) is 74.9 cm³/mol. The van der Waals surface area contributed by atoms with Gasteiger partial charge in [0.15, 0.2) is 0 Å². The van der Waals surface area contributed by atoms with Gasteiger partial charge in [-0.2, -0.15) is 0 Å². The molecule has 0 aromatic heterocycles. The van der Waals surface area contributed by atoms with Crippen LogP contribution in [0.5, 0.6) is 0 Å². The van der Waals surface area contributed by atoms with Crippen molar-refractivity contribution in [2.24, 2.45) is 0 Å². The third-order valence-corrected chi connectivity index (χ3v) is 3.43. The first-order valence-electron chi connectivity index (χ1n) is 5.64. The number of rotatable bonds is 3. The molecule has 0 bridgehead atoms. The Hall–Kier alpha value is -1.32. The van der Waals surface area contributed by atoms with Gasteiger partial charge in [-0.05, 0) is 37.3 Å². The highest BCUT2D eigenvalue weighted by atomic mass is 35.5. The maximum absolute atomic E-state index is 13.4. The molecular weight excluding hydrogens is 291 g/mol. The van der Waals surface area contributed by atoms with Crippen LogP contribution in [0.15, 0.2) is 36.4 Å². The van der Waals surface area contributed by atoms with Crippen molar-refractivity contribution in [1.29, 1.82) is 0 Å². The van der Waals surface area contributed by atoms with Gasteiger partial charge >= 0.3 is 0 Å². The molecule has 2 aromatic rings. The summed E-state index contributed by atoms with van der Waals surface area (Å²) in [6.07, 6.45) is 0. The normalized spacial score (nSPS) is 12.3. The van der Waals surface area contributed by atoms with Crippen molar-refractivity contribution in [3.05, 3.63) is 63.6 Å². The molecule has 1 N–H and O–H groups in total. The van der Waals surface area contributed by atoms with Crippen molar-refractivity contribution in [2.45, 2.75) is 13.0 Å². The van der Waals surface area contributed by atoms with Crippen LogP contribution in [0.1, 0.15) is 18.5 Å². The highest BCUT2D eigenvalue weighted by molar-refractivity contribution is 6.36. The van der Waals surface area contributed by atoms with Crippen molar-refractivity contribution in [3.63, 3.8) is 0 Å². The molecule has 0 amide bonds. The van der Waals surface area contributed by atoms with Crippen LogP contribution in [0.3, 0.4) is 0 Å². The average Bonchev–Trinajstić information content (AvgIpc) is 2.34. The molecule has 1 nitrogen and oxygen atoms in total. The molecule has 100 valence electrons. The van der Waals surface area contributed by atoms with Gasteiger partial charge in [0.2, 0.25) is 0 Å². The summed E-state index contributed by atoms with van der Waals surface area (Å²) in [7, 11) is 0. The van der Waals surface area contributed by atoms with Crippen LogP contribution in [0.4, 0.5) is 14.5 Å². The van der Waals surface area contributed by atoms with E-state index in [0.29, 0.717) is 16.3 Å². The van der Waals surface area contributed by atoms with Crippen molar-refractivity contribution in [3.8, 4) is 0 Å². The highest BCUT2D eigenvalue weighted by Crippen LogP contribution is 2.34. The Bertz CT molecular complexity index is 602. The first-order chi connectivity index (χ1) is 8.99. The first kappa shape index (κ1) is 14.1. The fourth-order valence-corrected chi connectivity index (χ4v) is 2.54. The van der Waals surface area contributed by atoms with Gasteiger partial charge in [0, 0.05) is 16.3 Å². The minimum atomic E-state index is -0.533. The lowest BCUT2D eigenvalue weighted by Crippen LogP contribution is -2.08. The lowest BCUT2D eigenvalue weighted by atomic mass is 10.1. The van der Waals surface area contributed by atoms with E-state index in [2.05, 4.69) is 5.32 Å². The van der Waals surface area contributed by atoms with Gasteiger partial charge in [-0.25, -0.2) is 8.78 Å². The Morgan fingerprint density at radius 1 is 1.11 bits per heavy atom. The third-order valence-electron chi connectivity index (χ3n) is 2.72. The SMILES string of the molecule is CC(Nc1cccc(F)c1)c1c(Cl)ccc(F)c1Cl. The van der Waals surface area contributed by atoms with Gasteiger partial charge in [0.1, 0.15) is 11.6 Å². The fraction of sp³-hybridized carbons (Fsp3) is 0.143. The maximum atomic E-state index is 13.4. The number of hydrogen-bond donors (Lipinski definition) is 1. The molecule has 0 fully saturated rings. The Kier molecular flexibility index (Phi) is 4.27. The molecule has 0 aliphatic rings. The van der Waals surface area contributed by atoms with Gasteiger partial charge in [0.25, 0.3) is 0 Å². The van der Waals surface area contributed by atoms with Gasteiger partial charge in [-0.15, -0.1) is 0 Å². The van der Waals surface area contributed by atoms with E-state index in [0.717, 1.165) is 0 Å². The molecule has 0 saturated carbocycles. The Balaban J connectivity index is 2.30. The lowest BCUT2D eigenvalue weighted by Gasteiger charge is -2.18. The van der Waals surface area contributed by atoms with Crippen molar-refractivity contribution in [2.75, 3.05) is 5.32 Å². The van der Waals surface area contributed by atoms with Crippen molar-refractivity contribution < 1.29 is 8.78 Å². The summed E-state index contributed by atoms with van der Waals surface area (Å²) in [5.41, 5.74) is 1.02. The van der Waals surface area contributed by atoms with Crippen LogP contribution in [0, 0.1) is 11.6 Å². The van der Waals surface area contributed by atoms with E-state index >= 15 is 0 Å². The maximum Gasteiger partial charge on any atom is 0.142 e. The van der Waals surface area contributed by atoms with E-state index < -0.39 is 5.82 Å². The molecule has 0 aliphatic carbocycles. The van der Waals surface area contributed by atoms with Crippen LogP contribution < -0.4 is 5.32 Å². The molecule has 19 heavy (non-hydrogen) atoms. The molecule has 1 atom stereocenters. The van der Waals surface area contributed by atoms with E-state index in [1.807, 2.05) is 0 Å². The Morgan fingerprint density at radius 3 is 2.53 bits per heavy atom. The standard InChI is InChI=1S/C14H11Cl2F2N/c1-8(19-10-4-2-3-9(17)7-10)13-11(15)5-6-12(18)14(13)16/h2-8,19H,1H3. The summed E-state index contributed by atoms with van der Waals surface area (Å²) in [5.74, 6) is -0.886. The van der Waals surface area contributed by atoms with E-state index in [1.165, 1.54) is 24.3 Å². The minimum Gasteiger partial charge on any atom is -0.378 e. The predicted octanol–water partition coefficient (Wildman–Crippen LogP) is 5.44. The summed E-state index contributed by atoms with van der Waals surface area (Å²) in [4.78, 5) is 0. The van der Waals surface area contributed by atoms with E-state index in [4.69, 9.17) is 23.2 Å². The quantitative estimate of drug-likeness (QED) is 0.744. The van der Waals surface area contributed by atoms with Crippen LogP contribution in [0.25, 0.3) is 0 Å². The second-order valence-corrected chi connectivity index (χ2v) is 4.92. The molecule has 1 unspecified atom stereocenters. The summed E-state index contributed by atoms with van der Waals surface area (Å²) >= 11 is 11.9. The molecule has 0 spiro atoms. The van der Waals surface area contributed by atoms with Crippen LogP contribution in [-0.2, 0) is 0 Å². The monoisotopic (exact) mass is 301 g/mol. The highest BCUT2D eigenvalue weighted by Gasteiger charge is 2.17. The van der Waals surface area contributed by atoms with Crippen LogP contribution in [-0.4, -0.2) is 0 Å². The van der Waals surface area contributed by atoms with E-state index in [9.17, 15) is 8.78 Å². The molecule has 0 saturated heterocycles. The number of anilines is 1. The van der Waals surface area contributed by atoms with E-state index in [-0.39, 0.29) is 16.9 Å². The molecule has 5 heteroatoms. The van der Waals surface area contributed by atoms with Crippen molar-refractivity contribution in [1.82, 2.24) is 0 Å². The van der Waals surface area contributed by atoms with Gasteiger partial charge in [-0.1, -0.05) is 29.3 Å². The van der Waals surface area contributed by atoms with Crippen LogP contribution in [0.2, 0.25) is 10.0 Å². The number of hydrogen-bond acceptors (Lipinski definition) is 1. The molecule has 0 radical (unpaired) electrons. The zero-order valence-corrected chi connectivity index (χ0v) is 11.6. The fourth-order valence-electron chi connectivity index (χ4n) is 1.84. The minimum absolute atomic E-state index is 0.0242. The van der Waals surface area contributed by atoms with Gasteiger partial charge < -0.3 is 5.32 Å². The largest absolute Gasteiger partial charge is 0.378 e. The number of benzene rings is 2. The van der Waals surface area contributed by atoms with Gasteiger partial charge in [0.05, 0.1) is 11.1 Å². The molecular formula is C14H11Cl2F2N.